The van der Waals surface area contributed by atoms with E-state index in [9.17, 15) is 4.79 Å². The van der Waals surface area contributed by atoms with Crippen molar-refractivity contribution >= 4 is 17.2 Å². The summed E-state index contributed by atoms with van der Waals surface area (Å²) in [6.07, 6.45) is 4.13. The van der Waals surface area contributed by atoms with Crippen LogP contribution in [-0.2, 0) is 11.3 Å². The topological polar surface area (TPSA) is 52.9 Å². The molecule has 1 N–H and O–H groups in total. The van der Waals surface area contributed by atoms with Crippen molar-refractivity contribution in [1.29, 1.82) is 0 Å². The maximum absolute atomic E-state index is 13.3. The van der Waals surface area contributed by atoms with Gasteiger partial charge in [0.25, 0.3) is 0 Å². The number of hydrogen-bond donors (Lipinski definition) is 1. The summed E-state index contributed by atoms with van der Waals surface area (Å²) in [5.41, 5.74) is 3.90. The van der Waals surface area contributed by atoms with Crippen LogP contribution in [0.25, 0.3) is 5.65 Å². The molecule has 0 bridgehead atoms. The average Bonchev–Trinajstić information content (AvgIpc) is 3.24. The first kappa shape index (κ1) is 20.4. The quantitative estimate of drug-likeness (QED) is 0.510. The molecule has 0 aliphatic carbocycles. The molecule has 32 heavy (non-hydrogen) atoms. The molecular weight excluding hydrogens is 398 g/mol. The van der Waals surface area contributed by atoms with Gasteiger partial charge in [-0.3, -0.25) is 14.6 Å². The van der Waals surface area contributed by atoms with Gasteiger partial charge in [0.05, 0.1) is 5.69 Å². The second kappa shape index (κ2) is 9.34. The molecule has 5 rings (SSSR count). The molecule has 1 aliphatic rings. The molecule has 0 radical (unpaired) electrons. The largest absolute Gasteiger partial charge is 0.324 e. The second-order valence-electron chi connectivity index (χ2n) is 8.18. The first-order valence-electron chi connectivity index (χ1n) is 11.1. The number of imidazole rings is 1. The van der Waals surface area contributed by atoms with Crippen molar-refractivity contribution in [3.8, 4) is 0 Å². The van der Waals surface area contributed by atoms with Crippen LogP contribution in [0.5, 0.6) is 0 Å². The van der Waals surface area contributed by atoms with Gasteiger partial charge in [0.2, 0.25) is 5.91 Å². The van der Waals surface area contributed by atoms with E-state index in [1.165, 1.54) is 0 Å². The highest BCUT2D eigenvalue weighted by Gasteiger charge is 2.30. The monoisotopic (exact) mass is 425 g/mol. The summed E-state index contributed by atoms with van der Waals surface area (Å²) in [4.78, 5) is 22.7. The summed E-state index contributed by atoms with van der Waals surface area (Å²) in [5.74, 6) is 0.0104. The van der Waals surface area contributed by atoms with Gasteiger partial charge in [-0.2, -0.15) is 0 Å². The Balaban J connectivity index is 1.27. The summed E-state index contributed by atoms with van der Waals surface area (Å²) >= 11 is 0. The summed E-state index contributed by atoms with van der Waals surface area (Å²) in [6, 6.07) is 25.5. The van der Waals surface area contributed by atoms with Gasteiger partial charge < -0.3 is 9.72 Å². The maximum atomic E-state index is 13.3. The molecule has 6 nitrogen and oxygen atoms in total. The second-order valence-corrected chi connectivity index (χ2v) is 8.18. The number of nitrogens with zero attached hydrogens (tertiary/aromatic N) is 4. The SMILES string of the molecule is O=C(Nc1ccccc1)[C@@H](c1ccccc1)N1CCN(Cc2cn3ccccc3n2)CC1. The molecule has 162 valence electrons. The van der Waals surface area contributed by atoms with E-state index in [-0.39, 0.29) is 11.9 Å². The van der Waals surface area contributed by atoms with Crippen molar-refractivity contribution in [2.75, 3.05) is 31.5 Å². The Morgan fingerprint density at radius 1 is 0.875 bits per heavy atom. The summed E-state index contributed by atoms with van der Waals surface area (Å²) in [6.45, 7) is 4.28. The Bertz CT molecular complexity index is 1130. The van der Waals surface area contributed by atoms with E-state index in [1.54, 1.807) is 0 Å². The number of pyridine rings is 1. The number of para-hydroxylation sites is 1. The normalized spacial score (nSPS) is 16.1. The van der Waals surface area contributed by atoms with Gasteiger partial charge in [0, 0.05) is 50.8 Å². The van der Waals surface area contributed by atoms with Crippen LogP contribution in [0.2, 0.25) is 0 Å². The molecular formula is C26H27N5O. The summed E-state index contributed by atoms with van der Waals surface area (Å²) in [5, 5.41) is 3.10. The Morgan fingerprint density at radius 2 is 1.56 bits per heavy atom. The molecule has 1 atom stereocenters. The van der Waals surface area contributed by atoms with Gasteiger partial charge in [0.15, 0.2) is 0 Å². The predicted molar refractivity (Wildman–Crippen MR) is 126 cm³/mol. The number of carbonyl (C=O) groups is 1. The third-order valence-electron chi connectivity index (χ3n) is 5.98. The van der Waals surface area contributed by atoms with Crippen LogP contribution in [0.3, 0.4) is 0 Å². The van der Waals surface area contributed by atoms with Gasteiger partial charge in [-0.15, -0.1) is 0 Å². The highest BCUT2D eigenvalue weighted by Crippen LogP contribution is 2.25. The fourth-order valence-electron chi connectivity index (χ4n) is 4.37. The van der Waals surface area contributed by atoms with Crippen LogP contribution < -0.4 is 5.32 Å². The minimum atomic E-state index is -0.311. The third-order valence-corrected chi connectivity index (χ3v) is 5.98. The van der Waals surface area contributed by atoms with Crippen LogP contribution in [-0.4, -0.2) is 51.3 Å². The first-order valence-corrected chi connectivity index (χ1v) is 11.1. The van der Waals surface area contributed by atoms with Crippen LogP contribution in [0, 0.1) is 0 Å². The predicted octanol–water partition coefficient (Wildman–Crippen LogP) is 3.83. The Kier molecular flexibility index (Phi) is 5.96. The van der Waals surface area contributed by atoms with E-state index < -0.39 is 0 Å². The number of nitrogens with one attached hydrogen (secondary N) is 1. The number of carbonyl (C=O) groups excluding carboxylic acids is 1. The number of amides is 1. The van der Waals surface area contributed by atoms with Crippen molar-refractivity contribution in [3.63, 3.8) is 0 Å². The zero-order valence-corrected chi connectivity index (χ0v) is 18.0. The third kappa shape index (κ3) is 4.56. The number of anilines is 1. The summed E-state index contributed by atoms with van der Waals surface area (Å²) in [7, 11) is 0. The van der Waals surface area contributed by atoms with Gasteiger partial charge in [-0.25, -0.2) is 4.98 Å². The Labute approximate surface area is 188 Å². The van der Waals surface area contributed by atoms with Crippen LogP contribution in [0.4, 0.5) is 5.69 Å². The summed E-state index contributed by atoms with van der Waals surface area (Å²) < 4.78 is 2.06. The number of piperazine rings is 1. The van der Waals surface area contributed by atoms with E-state index in [2.05, 4.69) is 25.7 Å². The van der Waals surface area contributed by atoms with E-state index in [0.717, 1.165) is 55.3 Å². The van der Waals surface area contributed by atoms with Gasteiger partial charge in [0.1, 0.15) is 11.7 Å². The molecule has 6 heteroatoms. The van der Waals surface area contributed by atoms with Crippen molar-refractivity contribution < 1.29 is 4.79 Å². The standard InChI is InChI=1S/C26H27N5O/c32-26(28-22-11-5-2-6-12-22)25(21-9-3-1-4-10-21)30-17-15-29(16-18-30)19-23-20-31-14-8-7-13-24(31)27-23/h1-14,20,25H,15-19H2,(H,28,32)/t25-/m1/s1. The van der Waals surface area contributed by atoms with E-state index >= 15 is 0 Å². The molecule has 1 aliphatic heterocycles. The maximum Gasteiger partial charge on any atom is 0.246 e. The van der Waals surface area contributed by atoms with Gasteiger partial charge in [-0.1, -0.05) is 54.6 Å². The molecule has 1 saturated heterocycles. The molecule has 4 aromatic rings. The minimum Gasteiger partial charge on any atom is -0.324 e. The lowest BCUT2D eigenvalue weighted by Crippen LogP contribution is -2.49. The zero-order valence-electron chi connectivity index (χ0n) is 18.0. The van der Waals surface area contributed by atoms with Gasteiger partial charge in [-0.05, 0) is 29.8 Å². The van der Waals surface area contributed by atoms with Crippen molar-refractivity contribution in [3.05, 3.63) is 103 Å². The minimum absolute atomic E-state index is 0.0104. The smallest absolute Gasteiger partial charge is 0.246 e. The van der Waals surface area contributed by atoms with E-state index in [0.29, 0.717) is 0 Å². The fraction of sp³-hybridized carbons (Fsp3) is 0.231. The zero-order chi connectivity index (χ0) is 21.8. The molecule has 3 heterocycles. The van der Waals surface area contributed by atoms with E-state index in [1.807, 2.05) is 85.1 Å². The lowest BCUT2D eigenvalue weighted by atomic mass is 10.0. The molecule has 0 saturated carbocycles. The number of benzene rings is 2. The molecule has 0 unspecified atom stereocenters. The molecule has 1 fully saturated rings. The highest BCUT2D eigenvalue weighted by molar-refractivity contribution is 5.95. The van der Waals surface area contributed by atoms with E-state index in [4.69, 9.17) is 4.98 Å². The molecule has 0 spiro atoms. The Morgan fingerprint density at radius 3 is 2.28 bits per heavy atom. The van der Waals surface area contributed by atoms with Crippen LogP contribution >= 0.6 is 0 Å². The molecule has 1 amide bonds. The average molecular weight is 426 g/mol. The van der Waals surface area contributed by atoms with Crippen molar-refractivity contribution in [2.24, 2.45) is 0 Å². The Hall–Kier alpha value is -3.48. The van der Waals surface area contributed by atoms with Crippen molar-refractivity contribution in [1.82, 2.24) is 19.2 Å². The number of aromatic nitrogens is 2. The first-order chi connectivity index (χ1) is 15.8. The lowest BCUT2D eigenvalue weighted by molar-refractivity contribution is -0.122. The van der Waals surface area contributed by atoms with Gasteiger partial charge >= 0.3 is 0 Å². The fourth-order valence-corrected chi connectivity index (χ4v) is 4.37. The highest BCUT2D eigenvalue weighted by atomic mass is 16.2. The molecule has 2 aromatic heterocycles. The van der Waals surface area contributed by atoms with Crippen LogP contribution in [0.1, 0.15) is 17.3 Å². The van der Waals surface area contributed by atoms with Crippen molar-refractivity contribution in [2.45, 2.75) is 12.6 Å². The lowest BCUT2D eigenvalue weighted by Gasteiger charge is -2.38. The number of rotatable bonds is 6. The molecule has 2 aromatic carbocycles. The van der Waals surface area contributed by atoms with Crippen LogP contribution in [0.15, 0.2) is 91.3 Å². The number of hydrogen-bond acceptors (Lipinski definition) is 4. The number of fused-ring (bicyclic) bond motifs is 1.